The van der Waals surface area contributed by atoms with E-state index in [1.54, 1.807) is 6.92 Å². The van der Waals surface area contributed by atoms with E-state index in [9.17, 15) is 8.78 Å². The van der Waals surface area contributed by atoms with Crippen LogP contribution in [-0.2, 0) is 0 Å². The highest BCUT2D eigenvalue weighted by Crippen LogP contribution is 2.21. The van der Waals surface area contributed by atoms with Crippen LogP contribution in [0, 0.1) is 0 Å². The van der Waals surface area contributed by atoms with E-state index in [1.807, 2.05) is 0 Å². The van der Waals surface area contributed by atoms with Gasteiger partial charge in [0.05, 0.1) is 5.71 Å². The molecular weight excluding hydrogens is 162 g/mol. The fourth-order valence-electron chi connectivity index (χ4n) is 0.411. The van der Waals surface area contributed by atoms with Crippen LogP contribution in [0.4, 0.5) is 8.78 Å². The number of alkyl halides is 2. The van der Waals surface area contributed by atoms with Crippen molar-refractivity contribution in [2.24, 2.45) is 10.9 Å². The number of halogens is 2. The second-order valence-corrected chi connectivity index (χ2v) is 2.52. The molecule has 0 aromatic carbocycles. The average molecular weight is 174 g/mol. The fraction of sp³-hybridized carbons (Fsp3) is 0.375. The van der Waals surface area contributed by atoms with E-state index in [4.69, 9.17) is 5.84 Å². The molecule has 0 unspecified atom stereocenters. The average Bonchev–Trinajstić information content (AvgIpc) is 1.97. The molecule has 0 radical (unpaired) electrons. The summed E-state index contributed by atoms with van der Waals surface area (Å²) in [7, 11) is 0. The van der Waals surface area contributed by atoms with Crippen LogP contribution >= 0.6 is 0 Å². The maximum absolute atomic E-state index is 12.4. The first-order valence-corrected chi connectivity index (χ1v) is 3.37. The van der Waals surface area contributed by atoms with Crippen molar-refractivity contribution in [3.63, 3.8) is 0 Å². The second-order valence-electron chi connectivity index (χ2n) is 2.52. The number of hydrazone groups is 1. The van der Waals surface area contributed by atoms with E-state index in [0.29, 0.717) is 5.71 Å². The minimum Gasteiger partial charge on any atom is -0.323 e. The predicted octanol–water partition coefficient (Wildman–Crippen LogP) is 2.09. The molecule has 0 aliphatic rings. The Bertz CT molecular complexity index is 224. The lowest BCUT2D eigenvalue weighted by atomic mass is 10.1. The number of hydrogen-bond acceptors (Lipinski definition) is 2. The minimum atomic E-state index is -2.88. The van der Waals surface area contributed by atoms with Gasteiger partial charge in [0.2, 0.25) is 0 Å². The van der Waals surface area contributed by atoms with Gasteiger partial charge in [-0.2, -0.15) is 5.10 Å². The SMILES string of the molecule is C=C(/C=C\C(C)=N\N)C(C)(F)F. The van der Waals surface area contributed by atoms with Gasteiger partial charge in [-0.25, -0.2) is 8.78 Å². The molecule has 2 nitrogen and oxygen atoms in total. The standard InChI is InChI=1S/C8H12F2N2/c1-6(8(3,9)10)4-5-7(2)12-11/h4-5H,1,11H2,2-3H3/b5-4-,12-7+. The van der Waals surface area contributed by atoms with E-state index in [0.717, 1.165) is 6.92 Å². The van der Waals surface area contributed by atoms with Crippen molar-refractivity contribution in [1.29, 1.82) is 0 Å². The minimum absolute atomic E-state index is 0.259. The van der Waals surface area contributed by atoms with Gasteiger partial charge in [0.1, 0.15) is 0 Å². The quantitative estimate of drug-likeness (QED) is 0.302. The molecule has 0 aliphatic heterocycles. The molecule has 2 N–H and O–H groups in total. The molecule has 0 rings (SSSR count). The molecule has 0 spiro atoms. The molecule has 0 heterocycles. The largest absolute Gasteiger partial charge is 0.323 e. The van der Waals surface area contributed by atoms with Crippen LogP contribution in [0.3, 0.4) is 0 Å². The van der Waals surface area contributed by atoms with E-state index >= 15 is 0 Å². The molecule has 0 saturated heterocycles. The van der Waals surface area contributed by atoms with Crippen molar-refractivity contribution in [3.05, 3.63) is 24.3 Å². The lowest BCUT2D eigenvalue weighted by molar-refractivity contribution is 0.0680. The summed E-state index contributed by atoms with van der Waals surface area (Å²) in [5.41, 5.74) is 0.214. The van der Waals surface area contributed by atoms with Crippen molar-refractivity contribution >= 4 is 5.71 Å². The Morgan fingerprint density at radius 2 is 2.00 bits per heavy atom. The maximum atomic E-state index is 12.4. The molecule has 0 saturated carbocycles. The number of rotatable bonds is 3. The van der Waals surface area contributed by atoms with Gasteiger partial charge < -0.3 is 5.84 Å². The first-order valence-electron chi connectivity index (χ1n) is 3.37. The summed E-state index contributed by atoms with van der Waals surface area (Å²) < 4.78 is 24.9. The van der Waals surface area contributed by atoms with Crippen molar-refractivity contribution in [3.8, 4) is 0 Å². The van der Waals surface area contributed by atoms with Crippen LogP contribution in [-0.4, -0.2) is 11.6 Å². The Hall–Kier alpha value is -1.19. The zero-order valence-electron chi connectivity index (χ0n) is 7.14. The van der Waals surface area contributed by atoms with Crippen LogP contribution in [0.15, 0.2) is 29.4 Å². The topological polar surface area (TPSA) is 38.4 Å². The van der Waals surface area contributed by atoms with Gasteiger partial charge in [-0.15, -0.1) is 0 Å². The van der Waals surface area contributed by atoms with Crippen LogP contribution in [0.1, 0.15) is 13.8 Å². The monoisotopic (exact) mass is 174 g/mol. The Morgan fingerprint density at radius 1 is 1.50 bits per heavy atom. The Morgan fingerprint density at radius 3 is 2.33 bits per heavy atom. The van der Waals surface area contributed by atoms with Crippen LogP contribution in [0.25, 0.3) is 0 Å². The summed E-state index contributed by atoms with van der Waals surface area (Å²) in [6.07, 6.45) is 2.59. The fourth-order valence-corrected chi connectivity index (χ4v) is 0.411. The molecule has 0 amide bonds. The normalized spacial score (nSPS) is 13.8. The highest BCUT2D eigenvalue weighted by molar-refractivity contribution is 5.92. The van der Waals surface area contributed by atoms with Crippen molar-refractivity contribution in [1.82, 2.24) is 0 Å². The lowest BCUT2D eigenvalue weighted by Gasteiger charge is -2.08. The molecule has 68 valence electrons. The summed E-state index contributed by atoms with van der Waals surface area (Å²) >= 11 is 0. The first-order chi connectivity index (χ1) is 5.38. The third kappa shape index (κ3) is 3.85. The van der Waals surface area contributed by atoms with E-state index in [-0.39, 0.29) is 5.57 Å². The summed E-state index contributed by atoms with van der Waals surface area (Å²) in [4.78, 5) is 0. The van der Waals surface area contributed by atoms with E-state index < -0.39 is 5.92 Å². The Balaban J connectivity index is 4.29. The highest BCUT2D eigenvalue weighted by atomic mass is 19.3. The van der Waals surface area contributed by atoms with Gasteiger partial charge in [-0.05, 0) is 13.0 Å². The maximum Gasteiger partial charge on any atom is 0.269 e. The highest BCUT2D eigenvalue weighted by Gasteiger charge is 2.22. The number of nitrogens with zero attached hydrogens (tertiary/aromatic N) is 1. The Labute approximate surface area is 70.5 Å². The predicted molar refractivity (Wildman–Crippen MR) is 46.2 cm³/mol. The van der Waals surface area contributed by atoms with Crippen LogP contribution in [0.2, 0.25) is 0 Å². The summed E-state index contributed by atoms with van der Waals surface area (Å²) in [5, 5.41) is 3.29. The van der Waals surface area contributed by atoms with Gasteiger partial charge >= 0.3 is 0 Å². The van der Waals surface area contributed by atoms with Gasteiger partial charge in [-0.3, -0.25) is 0 Å². The zero-order chi connectivity index (χ0) is 9.78. The molecule has 0 atom stereocenters. The zero-order valence-corrected chi connectivity index (χ0v) is 7.14. The number of hydrogen-bond donors (Lipinski definition) is 1. The molecule has 0 aliphatic carbocycles. The van der Waals surface area contributed by atoms with Gasteiger partial charge in [0, 0.05) is 12.5 Å². The first kappa shape index (κ1) is 10.8. The molecule has 0 aromatic rings. The van der Waals surface area contributed by atoms with Crippen LogP contribution < -0.4 is 5.84 Å². The molecule has 0 fully saturated rings. The van der Waals surface area contributed by atoms with Crippen molar-refractivity contribution < 1.29 is 8.78 Å². The molecule has 4 heteroatoms. The summed E-state index contributed by atoms with van der Waals surface area (Å²) in [6, 6.07) is 0. The van der Waals surface area contributed by atoms with Gasteiger partial charge in [0.15, 0.2) is 0 Å². The molecule has 0 aromatic heterocycles. The van der Waals surface area contributed by atoms with E-state index in [1.165, 1.54) is 12.2 Å². The molecule has 12 heavy (non-hydrogen) atoms. The molecular formula is C8H12F2N2. The number of allylic oxidation sites excluding steroid dienone is 3. The smallest absolute Gasteiger partial charge is 0.269 e. The van der Waals surface area contributed by atoms with Gasteiger partial charge in [0.25, 0.3) is 5.92 Å². The second kappa shape index (κ2) is 3.99. The summed E-state index contributed by atoms with van der Waals surface area (Å²) in [5.74, 6) is 2.00. The van der Waals surface area contributed by atoms with Gasteiger partial charge in [-0.1, -0.05) is 12.7 Å². The van der Waals surface area contributed by atoms with E-state index in [2.05, 4.69) is 11.7 Å². The Kier molecular flexibility index (Phi) is 3.60. The van der Waals surface area contributed by atoms with Crippen molar-refractivity contribution in [2.75, 3.05) is 0 Å². The summed E-state index contributed by atoms with van der Waals surface area (Å²) in [6.45, 7) is 5.59. The van der Waals surface area contributed by atoms with Crippen LogP contribution in [0.5, 0.6) is 0 Å². The third-order valence-corrected chi connectivity index (χ3v) is 1.29. The van der Waals surface area contributed by atoms with Crippen molar-refractivity contribution in [2.45, 2.75) is 19.8 Å². The lowest BCUT2D eigenvalue weighted by Crippen LogP contribution is -2.10. The number of nitrogens with two attached hydrogens (primary N) is 1. The molecule has 0 bridgehead atoms. The third-order valence-electron chi connectivity index (χ3n) is 1.29.